The fraction of sp³-hybridized carbons (Fsp3) is 0.385. The quantitative estimate of drug-likeness (QED) is 0.591. The number of rotatable bonds is 7. The van der Waals surface area contributed by atoms with Crippen LogP contribution >= 0.6 is 0 Å². The van der Waals surface area contributed by atoms with Crippen molar-refractivity contribution >= 4 is 22.7 Å². The van der Waals surface area contributed by atoms with E-state index in [0.29, 0.717) is 19.5 Å². The summed E-state index contributed by atoms with van der Waals surface area (Å²) in [6.45, 7) is 3.41. The van der Waals surface area contributed by atoms with Gasteiger partial charge >= 0.3 is 0 Å². The molecule has 0 saturated carbocycles. The molecule has 6 nitrogen and oxygen atoms in total. The average Bonchev–Trinajstić information content (AvgIpc) is 3.22. The third kappa shape index (κ3) is 4.79. The fourth-order valence-corrected chi connectivity index (χ4v) is 4.59. The van der Waals surface area contributed by atoms with Crippen LogP contribution in [0.2, 0.25) is 0 Å². The number of nitrogens with one attached hydrogen (secondary N) is 2. The number of carbonyl (C=O) groups excluding carboxylic acids is 2. The molecule has 0 bridgehead atoms. The van der Waals surface area contributed by atoms with Gasteiger partial charge in [0.05, 0.1) is 19.4 Å². The highest BCUT2D eigenvalue weighted by Crippen LogP contribution is 2.25. The van der Waals surface area contributed by atoms with Gasteiger partial charge in [0.1, 0.15) is 5.75 Å². The molecule has 6 heteroatoms. The second kappa shape index (κ2) is 9.90. The Bertz CT molecular complexity index is 1070. The summed E-state index contributed by atoms with van der Waals surface area (Å²) in [5.41, 5.74) is 3.02. The molecule has 0 spiro atoms. The Morgan fingerprint density at radius 3 is 2.59 bits per heavy atom. The Morgan fingerprint density at radius 1 is 1.16 bits per heavy atom. The molecule has 1 aliphatic heterocycles. The van der Waals surface area contributed by atoms with E-state index in [1.54, 1.807) is 7.11 Å². The molecule has 1 aliphatic rings. The van der Waals surface area contributed by atoms with Crippen molar-refractivity contribution in [2.24, 2.45) is 0 Å². The van der Waals surface area contributed by atoms with Crippen LogP contribution in [0.3, 0.4) is 0 Å². The molecule has 168 valence electrons. The van der Waals surface area contributed by atoms with Crippen LogP contribution in [0.15, 0.2) is 54.7 Å². The normalized spacial score (nSPS) is 15.5. The lowest BCUT2D eigenvalue weighted by Crippen LogP contribution is -2.48. The summed E-state index contributed by atoms with van der Waals surface area (Å²) in [5.74, 6) is 0.878. The number of aromatic nitrogens is 1. The Morgan fingerprint density at radius 2 is 1.91 bits per heavy atom. The molecule has 3 aromatic rings. The lowest BCUT2D eigenvalue weighted by atomic mass is 9.93. The Balaban J connectivity index is 1.31. The maximum atomic E-state index is 13.1. The zero-order valence-corrected chi connectivity index (χ0v) is 18.8. The monoisotopic (exact) mass is 433 g/mol. The van der Waals surface area contributed by atoms with Crippen LogP contribution in [0.25, 0.3) is 10.9 Å². The number of fused-ring (bicyclic) bond motifs is 1. The van der Waals surface area contributed by atoms with Gasteiger partial charge in [-0.25, -0.2) is 0 Å². The van der Waals surface area contributed by atoms with Crippen molar-refractivity contribution in [3.63, 3.8) is 0 Å². The zero-order chi connectivity index (χ0) is 22.5. The van der Waals surface area contributed by atoms with Crippen LogP contribution in [0.5, 0.6) is 5.75 Å². The molecule has 32 heavy (non-hydrogen) atoms. The molecule has 1 unspecified atom stereocenters. The number of carbonyl (C=O) groups is 2. The van der Waals surface area contributed by atoms with Gasteiger partial charge in [-0.15, -0.1) is 0 Å². The Hall–Kier alpha value is -3.28. The smallest absolute Gasteiger partial charge is 0.230 e. The van der Waals surface area contributed by atoms with Crippen molar-refractivity contribution in [3.8, 4) is 5.75 Å². The third-order valence-electron chi connectivity index (χ3n) is 6.41. The van der Waals surface area contributed by atoms with Crippen LogP contribution in [0, 0.1) is 0 Å². The number of nitrogens with zero attached hydrogens (tertiary/aromatic N) is 1. The van der Waals surface area contributed by atoms with Crippen LogP contribution in [-0.4, -0.2) is 47.9 Å². The SMILES string of the molecule is CCC(C(=O)N1CCC(NC(=O)Cc2c[nH]c3ccc(OC)cc23)CC1)c1ccccc1. The maximum absolute atomic E-state index is 13.1. The number of piperidine rings is 1. The number of aromatic amines is 1. The van der Waals surface area contributed by atoms with E-state index in [-0.39, 0.29) is 23.8 Å². The predicted molar refractivity (Wildman–Crippen MR) is 126 cm³/mol. The van der Waals surface area contributed by atoms with Crippen LogP contribution < -0.4 is 10.1 Å². The third-order valence-corrected chi connectivity index (χ3v) is 6.41. The van der Waals surface area contributed by atoms with Gasteiger partial charge in [0.2, 0.25) is 11.8 Å². The largest absolute Gasteiger partial charge is 0.497 e. The minimum Gasteiger partial charge on any atom is -0.497 e. The van der Waals surface area contributed by atoms with E-state index in [2.05, 4.69) is 17.2 Å². The summed E-state index contributed by atoms with van der Waals surface area (Å²) < 4.78 is 5.31. The average molecular weight is 434 g/mol. The summed E-state index contributed by atoms with van der Waals surface area (Å²) in [6, 6.07) is 15.9. The molecule has 0 radical (unpaired) electrons. The van der Waals surface area contributed by atoms with E-state index < -0.39 is 0 Å². The molecular formula is C26H31N3O3. The van der Waals surface area contributed by atoms with Crippen LogP contribution in [0.4, 0.5) is 0 Å². The summed E-state index contributed by atoms with van der Waals surface area (Å²) in [5, 5.41) is 4.17. The van der Waals surface area contributed by atoms with E-state index in [0.717, 1.165) is 47.0 Å². The molecule has 1 saturated heterocycles. The maximum Gasteiger partial charge on any atom is 0.230 e. The zero-order valence-electron chi connectivity index (χ0n) is 18.8. The standard InChI is InChI=1S/C26H31N3O3/c1-3-22(18-7-5-4-6-8-18)26(31)29-13-11-20(12-14-29)28-25(30)15-19-17-27-24-10-9-21(32-2)16-23(19)24/h4-10,16-17,20,22,27H,3,11-15H2,1-2H3,(H,28,30). The minimum absolute atomic E-state index is 0.00853. The molecule has 2 N–H and O–H groups in total. The number of ether oxygens (including phenoxy) is 1. The van der Waals surface area contributed by atoms with Gasteiger partial charge in [0.25, 0.3) is 0 Å². The lowest BCUT2D eigenvalue weighted by molar-refractivity contribution is -0.134. The fourth-order valence-electron chi connectivity index (χ4n) is 4.59. The molecule has 2 aromatic carbocycles. The highest BCUT2D eigenvalue weighted by atomic mass is 16.5. The van der Waals surface area contributed by atoms with Crippen molar-refractivity contribution in [2.75, 3.05) is 20.2 Å². The van der Waals surface area contributed by atoms with Gasteiger partial charge in [-0.05, 0) is 48.6 Å². The number of hydrogen-bond donors (Lipinski definition) is 2. The van der Waals surface area contributed by atoms with Crippen LogP contribution in [-0.2, 0) is 16.0 Å². The van der Waals surface area contributed by atoms with E-state index in [4.69, 9.17) is 4.74 Å². The van der Waals surface area contributed by atoms with Gasteiger partial charge in [0.15, 0.2) is 0 Å². The minimum atomic E-state index is -0.0961. The van der Waals surface area contributed by atoms with Crippen molar-refractivity contribution in [3.05, 3.63) is 65.9 Å². The lowest BCUT2D eigenvalue weighted by Gasteiger charge is -2.34. The first-order valence-corrected chi connectivity index (χ1v) is 11.4. The predicted octanol–water partition coefficient (Wildman–Crippen LogP) is 4.02. The van der Waals surface area contributed by atoms with Crippen molar-refractivity contribution in [1.29, 1.82) is 0 Å². The van der Waals surface area contributed by atoms with E-state index in [1.807, 2.05) is 59.6 Å². The van der Waals surface area contributed by atoms with E-state index in [9.17, 15) is 9.59 Å². The molecule has 1 aromatic heterocycles. The summed E-state index contributed by atoms with van der Waals surface area (Å²) in [6.07, 6.45) is 4.56. The first-order valence-electron chi connectivity index (χ1n) is 11.4. The van der Waals surface area contributed by atoms with Crippen molar-refractivity contribution in [2.45, 2.75) is 44.6 Å². The molecule has 1 fully saturated rings. The summed E-state index contributed by atoms with van der Waals surface area (Å²) >= 11 is 0. The Labute approximate surface area is 188 Å². The molecule has 1 atom stereocenters. The van der Waals surface area contributed by atoms with Gasteiger partial charge in [-0.1, -0.05) is 37.3 Å². The second-order valence-corrected chi connectivity index (χ2v) is 8.44. The number of amides is 2. The van der Waals surface area contributed by atoms with Crippen molar-refractivity contribution < 1.29 is 14.3 Å². The molecule has 2 heterocycles. The first-order chi connectivity index (χ1) is 15.6. The number of benzene rings is 2. The first kappa shape index (κ1) is 21.9. The van der Waals surface area contributed by atoms with Gasteiger partial charge in [-0.3, -0.25) is 9.59 Å². The highest BCUT2D eigenvalue weighted by Gasteiger charge is 2.28. The van der Waals surface area contributed by atoms with E-state index in [1.165, 1.54) is 0 Å². The van der Waals surface area contributed by atoms with Crippen LogP contribution in [0.1, 0.15) is 43.2 Å². The topological polar surface area (TPSA) is 74.4 Å². The van der Waals surface area contributed by atoms with Crippen molar-refractivity contribution in [1.82, 2.24) is 15.2 Å². The Kier molecular flexibility index (Phi) is 6.78. The van der Waals surface area contributed by atoms with Gasteiger partial charge in [-0.2, -0.15) is 0 Å². The summed E-state index contributed by atoms with van der Waals surface area (Å²) in [7, 11) is 1.64. The number of likely N-dealkylation sites (tertiary alicyclic amines) is 1. The molecule has 2 amide bonds. The second-order valence-electron chi connectivity index (χ2n) is 8.44. The van der Waals surface area contributed by atoms with E-state index >= 15 is 0 Å². The highest BCUT2D eigenvalue weighted by molar-refractivity contribution is 5.90. The number of hydrogen-bond acceptors (Lipinski definition) is 3. The summed E-state index contributed by atoms with van der Waals surface area (Å²) in [4.78, 5) is 30.9. The van der Waals surface area contributed by atoms with Gasteiger partial charge < -0.3 is 19.9 Å². The number of H-pyrrole nitrogens is 1. The number of methoxy groups -OCH3 is 1. The van der Waals surface area contributed by atoms with Gasteiger partial charge in [0, 0.05) is 36.2 Å². The molecule has 0 aliphatic carbocycles. The molecule has 4 rings (SSSR count). The molecular weight excluding hydrogens is 402 g/mol.